The highest BCUT2D eigenvalue weighted by Crippen LogP contribution is 2.19. The summed E-state index contributed by atoms with van der Waals surface area (Å²) in [6, 6.07) is 3.89. The number of fused-ring (bicyclic) bond motifs is 1. The molecular formula is C14H17N3O2. The number of aryl methyl sites for hydroxylation is 1. The van der Waals surface area contributed by atoms with Crippen molar-refractivity contribution in [2.45, 2.75) is 13.3 Å². The van der Waals surface area contributed by atoms with Crippen LogP contribution in [-0.4, -0.2) is 45.0 Å². The molecule has 2 aromatic heterocycles. The molecule has 0 spiro atoms. The smallest absolute Gasteiger partial charge is 0.272 e. The Morgan fingerprint density at radius 3 is 3.11 bits per heavy atom. The largest absolute Gasteiger partial charge is 0.396 e. The summed E-state index contributed by atoms with van der Waals surface area (Å²) in [5, 5.41) is 9.15. The van der Waals surface area contributed by atoms with Gasteiger partial charge in [-0.3, -0.25) is 9.20 Å². The predicted molar refractivity (Wildman–Crippen MR) is 71.0 cm³/mol. The highest BCUT2D eigenvalue weighted by molar-refractivity contribution is 5.93. The highest BCUT2D eigenvalue weighted by atomic mass is 16.3. The van der Waals surface area contributed by atoms with Gasteiger partial charge in [-0.25, -0.2) is 4.98 Å². The van der Waals surface area contributed by atoms with E-state index in [9.17, 15) is 4.79 Å². The molecule has 0 bridgehead atoms. The quantitative estimate of drug-likeness (QED) is 0.878. The van der Waals surface area contributed by atoms with E-state index in [1.54, 1.807) is 11.1 Å². The van der Waals surface area contributed by atoms with Crippen LogP contribution in [0.25, 0.3) is 5.65 Å². The zero-order chi connectivity index (χ0) is 13.4. The minimum absolute atomic E-state index is 0.00551. The van der Waals surface area contributed by atoms with Crippen LogP contribution in [-0.2, 0) is 0 Å². The van der Waals surface area contributed by atoms with Crippen LogP contribution in [0.3, 0.4) is 0 Å². The van der Waals surface area contributed by atoms with E-state index in [4.69, 9.17) is 5.11 Å². The molecule has 0 radical (unpaired) electrons. The van der Waals surface area contributed by atoms with Crippen molar-refractivity contribution in [3.05, 3.63) is 35.8 Å². The summed E-state index contributed by atoms with van der Waals surface area (Å²) >= 11 is 0. The molecule has 3 heterocycles. The van der Waals surface area contributed by atoms with Gasteiger partial charge in [0.05, 0.1) is 6.20 Å². The minimum atomic E-state index is -0.00551. The molecule has 3 rings (SSSR count). The second kappa shape index (κ2) is 4.66. The first kappa shape index (κ1) is 12.2. The van der Waals surface area contributed by atoms with Crippen molar-refractivity contribution >= 4 is 11.6 Å². The van der Waals surface area contributed by atoms with Crippen LogP contribution >= 0.6 is 0 Å². The Balaban J connectivity index is 1.92. The summed E-state index contributed by atoms with van der Waals surface area (Å²) in [5.74, 6) is 0.207. The number of aliphatic hydroxyl groups excluding tert-OH is 1. The topological polar surface area (TPSA) is 57.8 Å². The molecule has 0 aliphatic carbocycles. The van der Waals surface area contributed by atoms with Gasteiger partial charge in [0.2, 0.25) is 0 Å². The molecule has 100 valence electrons. The van der Waals surface area contributed by atoms with Crippen molar-refractivity contribution in [1.82, 2.24) is 14.3 Å². The van der Waals surface area contributed by atoms with E-state index >= 15 is 0 Å². The van der Waals surface area contributed by atoms with Gasteiger partial charge in [0, 0.05) is 31.8 Å². The van der Waals surface area contributed by atoms with Crippen molar-refractivity contribution in [2.24, 2.45) is 5.92 Å². The van der Waals surface area contributed by atoms with E-state index in [0.29, 0.717) is 18.8 Å². The number of rotatable bonds is 2. The molecule has 1 atom stereocenters. The van der Waals surface area contributed by atoms with E-state index in [2.05, 4.69) is 4.98 Å². The van der Waals surface area contributed by atoms with E-state index < -0.39 is 0 Å². The molecule has 0 aromatic carbocycles. The Bertz CT molecular complexity index is 620. The molecule has 1 aliphatic rings. The number of carbonyl (C=O) groups is 1. The SMILES string of the molecule is Cc1ccc2ncc(C(=O)N3CCC(CO)C3)n2c1. The van der Waals surface area contributed by atoms with Crippen molar-refractivity contribution in [2.75, 3.05) is 19.7 Å². The number of aliphatic hydroxyl groups is 1. The lowest BCUT2D eigenvalue weighted by molar-refractivity contribution is 0.0775. The Morgan fingerprint density at radius 2 is 2.37 bits per heavy atom. The summed E-state index contributed by atoms with van der Waals surface area (Å²) in [4.78, 5) is 18.5. The second-order valence-electron chi connectivity index (χ2n) is 5.17. The zero-order valence-corrected chi connectivity index (χ0v) is 10.9. The Morgan fingerprint density at radius 1 is 1.53 bits per heavy atom. The summed E-state index contributed by atoms with van der Waals surface area (Å²) in [5.41, 5.74) is 2.47. The lowest BCUT2D eigenvalue weighted by atomic mass is 10.1. The molecule has 0 saturated carbocycles. The number of likely N-dealkylation sites (tertiary alicyclic amines) is 1. The predicted octanol–water partition coefficient (Wildman–Crippen LogP) is 1.10. The highest BCUT2D eigenvalue weighted by Gasteiger charge is 2.27. The van der Waals surface area contributed by atoms with Crippen LogP contribution in [0.2, 0.25) is 0 Å². The molecule has 19 heavy (non-hydrogen) atoms. The fourth-order valence-corrected chi connectivity index (χ4v) is 2.57. The third-order valence-corrected chi connectivity index (χ3v) is 3.70. The van der Waals surface area contributed by atoms with Crippen molar-refractivity contribution < 1.29 is 9.90 Å². The van der Waals surface area contributed by atoms with E-state index in [1.165, 1.54) is 0 Å². The first-order valence-electron chi connectivity index (χ1n) is 6.53. The molecule has 1 fully saturated rings. The lowest BCUT2D eigenvalue weighted by Crippen LogP contribution is -2.30. The van der Waals surface area contributed by atoms with Crippen LogP contribution in [0.5, 0.6) is 0 Å². The number of hydrogen-bond donors (Lipinski definition) is 1. The fraction of sp³-hybridized carbons (Fsp3) is 0.429. The molecular weight excluding hydrogens is 242 g/mol. The first-order valence-corrected chi connectivity index (χ1v) is 6.53. The molecule has 1 N–H and O–H groups in total. The molecule has 1 saturated heterocycles. The first-order chi connectivity index (χ1) is 9.19. The third-order valence-electron chi connectivity index (χ3n) is 3.70. The molecule has 5 nitrogen and oxygen atoms in total. The number of carbonyl (C=O) groups excluding carboxylic acids is 1. The standard InChI is InChI=1S/C14H17N3O2/c1-10-2-3-13-15-6-12(17(13)7-10)14(19)16-5-4-11(8-16)9-18/h2-3,6-7,11,18H,4-5,8-9H2,1H3. The summed E-state index contributed by atoms with van der Waals surface area (Å²) in [7, 11) is 0. The van der Waals surface area contributed by atoms with Gasteiger partial charge in [0.15, 0.2) is 0 Å². The van der Waals surface area contributed by atoms with Crippen molar-refractivity contribution in [1.29, 1.82) is 0 Å². The van der Waals surface area contributed by atoms with E-state index in [0.717, 1.165) is 17.6 Å². The molecule has 1 unspecified atom stereocenters. The van der Waals surface area contributed by atoms with Gasteiger partial charge < -0.3 is 10.0 Å². The Kier molecular flexibility index (Phi) is 2.98. The Labute approximate surface area is 111 Å². The summed E-state index contributed by atoms with van der Waals surface area (Å²) < 4.78 is 1.84. The van der Waals surface area contributed by atoms with Crippen LogP contribution in [0, 0.1) is 12.8 Å². The number of aromatic nitrogens is 2. The fourth-order valence-electron chi connectivity index (χ4n) is 2.57. The zero-order valence-electron chi connectivity index (χ0n) is 10.9. The van der Waals surface area contributed by atoms with Crippen LogP contribution in [0.4, 0.5) is 0 Å². The maximum absolute atomic E-state index is 12.5. The number of pyridine rings is 1. The number of hydrogen-bond acceptors (Lipinski definition) is 3. The van der Waals surface area contributed by atoms with Crippen molar-refractivity contribution in [3.63, 3.8) is 0 Å². The van der Waals surface area contributed by atoms with Gasteiger partial charge in [0.1, 0.15) is 11.3 Å². The van der Waals surface area contributed by atoms with Gasteiger partial charge in [-0.05, 0) is 25.0 Å². The van der Waals surface area contributed by atoms with Crippen molar-refractivity contribution in [3.8, 4) is 0 Å². The Hall–Kier alpha value is -1.88. The van der Waals surface area contributed by atoms with E-state index in [1.807, 2.05) is 29.7 Å². The maximum Gasteiger partial charge on any atom is 0.272 e. The average molecular weight is 259 g/mol. The van der Waals surface area contributed by atoms with Gasteiger partial charge in [-0.2, -0.15) is 0 Å². The van der Waals surface area contributed by atoms with Crippen LogP contribution in [0.15, 0.2) is 24.5 Å². The summed E-state index contributed by atoms with van der Waals surface area (Å²) in [6.07, 6.45) is 4.43. The van der Waals surface area contributed by atoms with Gasteiger partial charge >= 0.3 is 0 Å². The number of nitrogens with zero attached hydrogens (tertiary/aromatic N) is 3. The van der Waals surface area contributed by atoms with Gasteiger partial charge in [0.25, 0.3) is 5.91 Å². The molecule has 1 amide bonds. The average Bonchev–Trinajstić information content (AvgIpc) is 3.04. The number of amides is 1. The normalized spacial score (nSPS) is 19.3. The third kappa shape index (κ3) is 2.10. The second-order valence-corrected chi connectivity index (χ2v) is 5.17. The maximum atomic E-state index is 12.5. The molecule has 2 aromatic rings. The number of imidazole rings is 1. The van der Waals surface area contributed by atoms with Gasteiger partial charge in [-0.1, -0.05) is 6.07 Å². The molecule has 1 aliphatic heterocycles. The summed E-state index contributed by atoms with van der Waals surface area (Å²) in [6.45, 7) is 3.48. The lowest BCUT2D eigenvalue weighted by Gasteiger charge is -2.15. The molecule has 5 heteroatoms. The minimum Gasteiger partial charge on any atom is -0.396 e. The van der Waals surface area contributed by atoms with Crippen LogP contribution in [0.1, 0.15) is 22.5 Å². The monoisotopic (exact) mass is 259 g/mol. The van der Waals surface area contributed by atoms with Gasteiger partial charge in [-0.15, -0.1) is 0 Å². The van der Waals surface area contributed by atoms with E-state index in [-0.39, 0.29) is 18.4 Å². The van der Waals surface area contributed by atoms with Crippen LogP contribution < -0.4 is 0 Å².